The molecule has 1 aliphatic carbocycles. The molecule has 2 heterocycles. The van der Waals surface area contributed by atoms with Gasteiger partial charge in [-0.3, -0.25) is 0 Å². The molecule has 3 aliphatic rings. The molecule has 3 heteroatoms. The average Bonchev–Trinajstić information content (AvgIpc) is 3.63. The normalized spacial score (nSPS) is 13.8. The van der Waals surface area contributed by atoms with E-state index in [1.165, 1.54) is 116 Å². The van der Waals surface area contributed by atoms with Crippen LogP contribution in [0.4, 0.5) is 34.1 Å². The Balaban J connectivity index is 1.08. The minimum absolute atomic E-state index is 0.0265. The second-order valence-corrected chi connectivity index (χ2v) is 19.2. The van der Waals surface area contributed by atoms with Crippen LogP contribution in [0.3, 0.4) is 0 Å². The highest BCUT2D eigenvalue weighted by atomic mass is 15.2. The first-order valence-corrected chi connectivity index (χ1v) is 23.9. The van der Waals surface area contributed by atoms with E-state index < -0.39 is 0 Å². The van der Waals surface area contributed by atoms with Crippen LogP contribution in [0.2, 0.25) is 0 Å². The Morgan fingerprint density at radius 3 is 1.32 bits per heavy atom. The quantitative estimate of drug-likeness (QED) is 0.159. The molecule has 0 radical (unpaired) electrons. The first kappa shape index (κ1) is 38.8. The van der Waals surface area contributed by atoms with Crippen molar-refractivity contribution in [2.75, 3.05) is 9.80 Å². The maximum atomic E-state index is 2.58. The molecule has 0 amide bonds. The summed E-state index contributed by atoms with van der Waals surface area (Å²) in [6, 6.07) is 88.5. The maximum Gasteiger partial charge on any atom is 0.252 e. The van der Waals surface area contributed by atoms with E-state index in [1.54, 1.807) is 0 Å². The van der Waals surface area contributed by atoms with Crippen molar-refractivity contribution in [3.05, 3.63) is 248 Å². The van der Waals surface area contributed by atoms with Gasteiger partial charge in [-0.1, -0.05) is 208 Å². The third kappa shape index (κ3) is 5.72. The largest absolute Gasteiger partial charge is 0.311 e. The van der Waals surface area contributed by atoms with Crippen molar-refractivity contribution < 1.29 is 0 Å². The molecule has 0 saturated carbocycles. The lowest BCUT2D eigenvalue weighted by Gasteiger charge is -2.45. The first-order valence-electron chi connectivity index (χ1n) is 23.9. The van der Waals surface area contributed by atoms with Crippen LogP contribution in [0.25, 0.3) is 66.1 Å². The molecule has 0 spiro atoms. The number of fused-ring (bicyclic) bond motifs is 11. The van der Waals surface area contributed by atoms with Gasteiger partial charge in [-0.2, -0.15) is 0 Å². The van der Waals surface area contributed by atoms with Crippen LogP contribution in [-0.2, 0) is 5.41 Å². The third-order valence-corrected chi connectivity index (χ3v) is 15.2. The number of rotatable bonds is 5. The summed E-state index contributed by atoms with van der Waals surface area (Å²) in [5.41, 5.74) is 23.6. The van der Waals surface area contributed by atoms with E-state index in [0.717, 1.165) is 11.4 Å². The van der Waals surface area contributed by atoms with Crippen molar-refractivity contribution in [1.29, 1.82) is 0 Å². The molecular formula is C65H45BN2. The lowest BCUT2D eigenvalue weighted by Crippen LogP contribution is -2.61. The molecule has 14 rings (SSSR count). The summed E-state index contributed by atoms with van der Waals surface area (Å²) in [5.74, 6) is 0. The zero-order valence-corrected chi connectivity index (χ0v) is 38.0. The summed E-state index contributed by atoms with van der Waals surface area (Å²) in [4.78, 5) is 5.17. The van der Waals surface area contributed by atoms with E-state index in [4.69, 9.17) is 0 Å². The molecule has 2 aliphatic heterocycles. The summed E-state index contributed by atoms with van der Waals surface area (Å²) >= 11 is 0. The second kappa shape index (κ2) is 14.8. The highest BCUT2D eigenvalue weighted by Gasteiger charge is 2.45. The molecule has 318 valence electrons. The van der Waals surface area contributed by atoms with Crippen LogP contribution < -0.4 is 26.2 Å². The van der Waals surface area contributed by atoms with Gasteiger partial charge in [0.15, 0.2) is 0 Å². The SMILES string of the molecule is CC1(C)c2ccccc2-c2ccc(-c3cc4c5c(c3)N(c3ccc(-c6ccccc6)cc3)c3c(ccc6ccccc36)B5c3ccc5ccccc5c3N4c3ccc(-c4ccccc4)cc3)cc21. The third-order valence-electron chi connectivity index (χ3n) is 15.2. The van der Waals surface area contributed by atoms with Crippen molar-refractivity contribution in [1.82, 2.24) is 0 Å². The van der Waals surface area contributed by atoms with E-state index in [9.17, 15) is 0 Å². The zero-order valence-electron chi connectivity index (χ0n) is 38.0. The van der Waals surface area contributed by atoms with Crippen LogP contribution in [-0.4, -0.2) is 6.71 Å². The van der Waals surface area contributed by atoms with Gasteiger partial charge in [0.25, 0.3) is 6.71 Å². The summed E-state index contributed by atoms with van der Waals surface area (Å²) in [7, 11) is 0. The van der Waals surface area contributed by atoms with Gasteiger partial charge in [0.05, 0.1) is 0 Å². The lowest BCUT2D eigenvalue weighted by molar-refractivity contribution is 0.660. The number of hydrogen-bond donors (Lipinski definition) is 0. The Morgan fingerprint density at radius 1 is 0.338 bits per heavy atom. The van der Waals surface area contributed by atoms with Gasteiger partial charge in [0, 0.05) is 50.3 Å². The van der Waals surface area contributed by atoms with Crippen molar-refractivity contribution in [3.8, 4) is 44.5 Å². The molecule has 0 fully saturated rings. The Bertz CT molecular complexity index is 3620. The topological polar surface area (TPSA) is 6.48 Å². The molecular weight excluding hydrogens is 820 g/mol. The summed E-state index contributed by atoms with van der Waals surface area (Å²) < 4.78 is 0. The molecule has 0 atom stereocenters. The lowest BCUT2D eigenvalue weighted by atomic mass is 9.33. The molecule has 2 nitrogen and oxygen atoms in total. The molecule has 0 unspecified atom stereocenters. The van der Waals surface area contributed by atoms with E-state index in [-0.39, 0.29) is 12.1 Å². The number of anilines is 6. The predicted molar refractivity (Wildman–Crippen MR) is 289 cm³/mol. The molecule has 0 saturated heterocycles. The fraction of sp³-hybridized carbons (Fsp3) is 0.0462. The van der Waals surface area contributed by atoms with Crippen molar-refractivity contribution in [2.45, 2.75) is 19.3 Å². The van der Waals surface area contributed by atoms with E-state index in [1.807, 2.05) is 0 Å². The van der Waals surface area contributed by atoms with E-state index in [2.05, 4.69) is 260 Å². The Kier molecular flexibility index (Phi) is 8.46. The summed E-state index contributed by atoms with van der Waals surface area (Å²) in [5, 5.41) is 4.94. The van der Waals surface area contributed by atoms with Crippen molar-refractivity contribution in [2.24, 2.45) is 0 Å². The second-order valence-electron chi connectivity index (χ2n) is 19.2. The molecule has 11 aromatic carbocycles. The fourth-order valence-corrected chi connectivity index (χ4v) is 12.0. The van der Waals surface area contributed by atoms with Gasteiger partial charge >= 0.3 is 0 Å². The van der Waals surface area contributed by atoms with Crippen molar-refractivity contribution in [3.63, 3.8) is 0 Å². The van der Waals surface area contributed by atoms with Gasteiger partial charge in [0.1, 0.15) is 0 Å². The molecule has 0 aromatic heterocycles. The number of hydrogen-bond acceptors (Lipinski definition) is 2. The highest BCUT2D eigenvalue weighted by molar-refractivity contribution is 7.00. The molecule has 0 N–H and O–H groups in total. The average molecular weight is 865 g/mol. The molecule has 11 aromatic rings. The van der Waals surface area contributed by atoms with Crippen LogP contribution >= 0.6 is 0 Å². The maximum absolute atomic E-state index is 2.58. The molecule has 68 heavy (non-hydrogen) atoms. The summed E-state index contributed by atoms with van der Waals surface area (Å²) in [6.45, 7) is 4.74. The minimum atomic E-state index is -0.135. The van der Waals surface area contributed by atoms with E-state index in [0.29, 0.717) is 0 Å². The number of nitrogens with zero attached hydrogens (tertiary/aromatic N) is 2. The Labute approximate surface area is 398 Å². The van der Waals surface area contributed by atoms with Gasteiger partial charge in [0.2, 0.25) is 0 Å². The predicted octanol–water partition coefficient (Wildman–Crippen LogP) is 15.4. The first-order chi connectivity index (χ1) is 33.5. The Morgan fingerprint density at radius 2 is 0.779 bits per heavy atom. The van der Waals surface area contributed by atoms with Crippen LogP contribution in [0, 0.1) is 0 Å². The van der Waals surface area contributed by atoms with Crippen LogP contribution in [0.15, 0.2) is 237 Å². The van der Waals surface area contributed by atoms with Gasteiger partial charge in [-0.15, -0.1) is 0 Å². The highest BCUT2D eigenvalue weighted by Crippen LogP contribution is 2.52. The van der Waals surface area contributed by atoms with E-state index >= 15 is 0 Å². The smallest absolute Gasteiger partial charge is 0.252 e. The zero-order chi connectivity index (χ0) is 45.1. The monoisotopic (exact) mass is 864 g/mol. The van der Waals surface area contributed by atoms with Gasteiger partial charge in [-0.25, -0.2) is 0 Å². The Hall–Kier alpha value is -8.40. The van der Waals surface area contributed by atoms with Gasteiger partial charge < -0.3 is 9.80 Å². The van der Waals surface area contributed by atoms with Crippen LogP contribution in [0.5, 0.6) is 0 Å². The fourth-order valence-electron chi connectivity index (χ4n) is 12.0. The van der Waals surface area contributed by atoms with Gasteiger partial charge in [-0.05, 0) is 125 Å². The standard InChI is InChI=1S/C65H45BN2/c1-65(2)56-24-14-13-23-54(56)55-36-29-48(39-57(55)65)49-40-60-62-61(41-49)68(51-34-27-45(28-35-51)43-17-7-4-8-18-43)64-53-22-12-10-20-47(53)31-38-59(64)66(62)58-37-30-46-19-9-11-21-52(46)63(58)67(60)50-32-25-44(26-33-50)42-15-5-3-6-16-42/h3-41H,1-2H3. The minimum Gasteiger partial charge on any atom is -0.311 e. The summed E-state index contributed by atoms with van der Waals surface area (Å²) in [6.07, 6.45) is 0. The molecule has 0 bridgehead atoms. The van der Waals surface area contributed by atoms with Crippen molar-refractivity contribution >= 4 is 78.8 Å². The van der Waals surface area contributed by atoms with Crippen LogP contribution in [0.1, 0.15) is 25.0 Å². The number of benzene rings is 11.